The fourth-order valence-corrected chi connectivity index (χ4v) is 2.25. The smallest absolute Gasteiger partial charge is 0.150 e. The molecule has 0 saturated heterocycles. The highest BCUT2D eigenvalue weighted by Crippen LogP contribution is 2.31. The van der Waals surface area contributed by atoms with Crippen molar-refractivity contribution >= 4 is 6.29 Å². The second kappa shape index (κ2) is 5.22. The molecule has 0 N–H and O–H groups in total. The summed E-state index contributed by atoms with van der Waals surface area (Å²) in [5.74, 6) is 0.266. The van der Waals surface area contributed by atoms with Crippen molar-refractivity contribution in [1.82, 2.24) is 0 Å². The number of hydrogen-bond donors (Lipinski definition) is 0. The first-order valence-corrected chi connectivity index (χ1v) is 5.97. The molecule has 0 fully saturated rings. The van der Waals surface area contributed by atoms with Gasteiger partial charge in [-0.25, -0.2) is 4.39 Å². The molecule has 0 unspecified atom stereocenters. The minimum Gasteiger partial charge on any atom is -0.497 e. The molecule has 0 aromatic heterocycles. The topological polar surface area (TPSA) is 26.3 Å². The Morgan fingerprint density at radius 1 is 1.16 bits per heavy atom. The predicted octanol–water partition coefficient (Wildman–Crippen LogP) is 3.93. The van der Waals surface area contributed by atoms with Crippen molar-refractivity contribution in [2.24, 2.45) is 0 Å². The van der Waals surface area contributed by atoms with Crippen LogP contribution >= 0.6 is 0 Å². The van der Waals surface area contributed by atoms with Gasteiger partial charge < -0.3 is 4.74 Å². The normalized spacial score (nSPS) is 10.3. The Morgan fingerprint density at radius 3 is 2.47 bits per heavy atom. The standard InChI is InChI=1S/C16H15FO2/c1-10-6-11(2)16(15(17)7-10)14-5-4-13(19-3)8-12(14)9-18/h4-9H,1-3H3. The molecule has 0 aliphatic carbocycles. The average Bonchev–Trinajstić information content (AvgIpc) is 2.37. The van der Waals surface area contributed by atoms with Gasteiger partial charge in [-0.2, -0.15) is 0 Å². The van der Waals surface area contributed by atoms with E-state index in [1.54, 1.807) is 18.2 Å². The van der Waals surface area contributed by atoms with Crippen LogP contribution in [0.1, 0.15) is 21.5 Å². The van der Waals surface area contributed by atoms with E-state index < -0.39 is 0 Å². The average molecular weight is 258 g/mol. The van der Waals surface area contributed by atoms with Crippen LogP contribution in [0.4, 0.5) is 4.39 Å². The Morgan fingerprint density at radius 2 is 1.89 bits per heavy atom. The molecule has 2 aromatic rings. The lowest BCUT2D eigenvalue weighted by Gasteiger charge is -2.12. The maximum atomic E-state index is 14.1. The molecule has 0 atom stereocenters. The van der Waals surface area contributed by atoms with Crippen molar-refractivity contribution in [2.75, 3.05) is 7.11 Å². The van der Waals surface area contributed by atoms with E-state index >= 15 is 0 Å². The fraction of sp³-hybridized carbons (Fsp3) is 0.188. The molecule has 19 heavy (non-hydrogen) atoms. The first kappa shape index (κ1) is 13.3. The molecule has 0 saturated carbocycles. The summed E-state index contributed by atoms with van der Waals surface area (Å²) < 4.78 is 19.2. The lowest BCUT2D eigenvalue weighted by atomic mass is 9.94. The Bertz CT molecular complexity index is 610. The summed E-state index contributed by atoms with van der Waals surface area (Å²) in [6.07, 6.45) is 0.719. The number of aryl methyl sites for hydroxylation is 2. The van der Waals surface area contributed by atoms with Crippen molar-refractivity contribution < 1.29 is 13.9 Å². The second-order valence-corrected chi connectivity index (χ2v) is 4.51. The third kappa shape index (κ3) is 2.50. The zero-order valence-electron chi connectivity index (χ0n) is 11.2. The van der Waals surface area contributed by atoms with Crippen molar-refractivity contribution in [2.45, 2.75) is 13.8 Å². The number of rotatable bonds is 3. The number of aldehydes is 1. The zero-order chi connectivity index (χ0) is 14.0. The van der Waals surface area contributed by atoms with Crippen LogP contribution < -0.4 is 4.74 Å². The Labute approximate surface area is 111 Å². The first-order valence-electron chi connectivity index (χ1n) is 5.97. The number of ether oxygens (including phenoxy) is 1. The lowest BCUT2D eigenvalue weighted by molar-refractivity contribution is 0.112. The van der Waals surface area contributed by atoms with Gasteiger partial charge in [-0.1, -0.05) is 6.07 Å². The lowest BCUT2D eigenvalue weighted by Crippen LogP contribution is -1.96. The van der Waals surface area contributed by atoms with Crippen molar-refractivity contribution in [3.05, 3.63) is 52.8 Å². The molecule has 0 spiro atoms. The van der Waals surface area contributed by atoms with Crippen LogP contribution in [-0.2, 0) is 0 Å². The van der Waals surface area contributed by atoms with E-state index in [1.165, 1.54) is 13.2 Å². The summed E-state index contributed by atoms with van der Waals surface area (Å²) in [5.41, 5.74) is 3.15. The molecule has 0 radical (unpaired) electrons. The summed E-state index contributed by atoms with van der Waals surface area (Å²) in [7, 11) is 1.53. The van der Waals surface area contributed by atoms with Crippen LogP contribution in [0.5, 0.6) is 5.75 Å². The largest absolute Gasteiger partial charge is 0.497 e. The molecule has 2 aromatic carbocycles. The highest BCUT2D eigenvalue weighted by atomic mass is 19.1. The SMILES string of the molecule is COc1ccc(-c2c(C)cc(C)cc2F)c(C=O)c1. The highest BCUT2D eigenvalue weighted by Gasteiger charge is 2.13. The predicted molar refractivity (Wildman–Crippen MR) is 73.2 cm³/mol. The molecular formula is C16H15FO2. The summed E-state index contributed by atoms with van der Waals surface area (Å²) in [6, 6.07) is 8.42. The van der Waals surface area contributed by atoms with E-state index in [2.05, 4.69) is 0 Å². The van der Waals surface area contributed by atoms with Gasteiger partial charge in [0.2, 0.25) is 0 Å². The summed E-state index contributed by atoms with van der Waals surface area (Å²) >= 11 is 0. The van der Waals surface area contributed by atoms with Gasteiger partial charge in [0.05, 0.1) is 7.11 Å². The van der Waals surface area contributed by atoms with E-state index in [4.69, 9.17) is 4.74 Å². The molecule has 0 aliphatic heterocycles. The molecule has 2 nitrogen and oxygen atoms in total. The van der Waals surface area contributed by atoms with Crippen LogP contribution in [-0.4, -0.2) is 13.4 Å². The molecule has 3 heteroatoms. The van der Waals surface area contributed by atoms with Gasteiger partial charge in [-0.15, -0.1) is 0 Å². The number of carbonyl (C=O) groups excluding carboxylic acids is 1. The van der Waals surface area contributed by atoms with Gasteiger partial charge in [0.15, 0.2) is 6.29 Å². The highest BCUT2D eigenvalue weighted by molar-refractivity contribution is 5.89. The molecule has 2 rings (SSSR count). The summed E-state index contributed by atoms with van der Waals surface area (Å²) in [5, 5.41) is 0. The van der Waals surface area contributed by atoms with E-state index in [0.29, 0.717) is 22.4 Å². The number of carbonyl (C=O) groups is 1. The van der Waals surface area contributed by atoms with E-state index in [9.17, 15) is 9.18 Å². The van der Waals surface area contributed by atoms with Crippen molar-refractivity contribution in [3.8, 4) is 16.9 Å². The van der Waals surface area contributed by atoms with Crippen molar-refractivity contribution in [3.63, 3.8) is 0 Å². The van der Waals surface area contributed by atoms with Crippen LogP contribution in [0.2, 0.25) is 0 Å². The van der Waals surface area contributed by atoms with Gasteiger partial charge in [0.1, 0.15) is 11.6 Å². The van der Waals surface area contributed by atoms with Gasteiger partial charge in [-0.3, -0.25) is 4.79 Å². The first-order chi connectivity index (χ1) is 9.06. The fourth-order valence-electron chi connectivity index (χ4n) is 2.25. The zero-order valence-corrected chi connectivity index (χ0v) is 11.2. The van der Waals surface area contributed by atoms with Crippen LogP contribution in [0.15, 0.2) is 30.3 Å². The Hall–Kier alpha value is -2.16. The summed E-state index contributed by atoms with van der Waals surface area (Å²) in [6.45, 7) is 3.68. The van der Waals surface area contributed by atoms with Gasteiger partial charge in [0.25, 0.3) is 0 Å². The van der Waals surface area contributed by atoms with Gasteiger partial charge in [-0.05, 0) is 54.8 Å². The number of hydrogen-bond acceptors (Lipinski definition) is 2. The molecule has 0 bridgehead atoms. The molecule has 0 heterocycles. The van der Waals surface area contributed by atoms with Crippen molar-refractivity contribution in [1.29, 1.82) is 0 Å². The van der Waals surface area contributed by atoms with Crippen LogP contribution in [0, 0.1) is 19.7 Å². The van der Waals surface area contributed by atoms with E-state index in [1.807, 2.05) is 19.9 Å². The van der Waals surface area contributed by atoms with Gasteiger partial charge >= 0.3 is 0 Å². The van der Waals surface area contributed by atoms with Crippen LogP contribution in [0.25, 0.3) is 11.1 Å². The van der Waals surface area contributed by atoms with E-state index in [-0.39, 0.29) is 5.82 Å². The Balaban J connectivity index is 2.68. The Kier molecular flexibility index (Phi) is 3.65. The van der Waals surface area contributed by atoms with Gasteiger partial charge in [0, 0.05) is 11.1 Å². The third-order valence-corrected chi connectivity index (χ3v) is 3.09. The summed E-state index contributed by atoms with van der Waals surface area (Å²) in [4.78, 5) is 11.2. The van der Waals surface area contributed by atoms with Crippen LogP contribution in [0.3, 0.4) is 0 Å². The molecule has 0 amide bonds. The molecular weight excluding hydrogens is 243 g/mol. The maximum absolute atomic E-state index is 14.1. The van der Waals surface area contributed by atoms with E-state index in [0.717, 1.165) is 17.4 Å². The monoisotopic (exact) mass is 258 g/mol. The number of halogens is 1. The third-order valence-electron chi connectivity index (χ3n) is 3.09. The number of methoxy groups -OCH3 is 1. The second-order valence-electron chi connectivity index (χ2n) is 4.51. The minimum atomic E-state index is -0.314. The minimum absolute atomic E-state index is 0.314. The maximum Gasteiger partial charge on any atom is 0.150 e. The quantitative estimate of drug-likeness (QED) is 0.780. The number of benzene rings is 2. The molecule has 98 valence electrons. The molecule has 0 aliphatic rings.